The summed E-state index contributed by atoms with van der Waals surface area (Å²) in [5.74, 6) is -2.23. The Balaban J connectivity index is 2.08. The Morgan fingerprint density at radius 1 is 0.960 bits per heavy atom. The SMILES string of the molecule is N#Cc1ccc(NC(=O)C(=O)Nc2ccc(Cl)c(C(F)(F)F)c2)cc1. The standard InChI is InChI=1S/C16H9ClF3N3O2/c17-13-6-5-11(7-12(13)16(18,19)20)23-15(25)14(24)22-10-3-1-9(8-21)2-4-10/h1-7H,(H,22,24)(H,23,25). The molecule has 0 heterocycles. The molecule has 0 spiro atoms. The van der Waals surface area contributed by atoms with E-state index in [0.717, 1.165) is 12.1 Å². The summed E-state index contributed by atoms with van der Waals surface area (Å²) in [6.07, 6.45) is -4.69. The van der Waals surface area contributed by atoms with E-state index in [2.05, 4.69) is 10.6 Å². The average Bonchev–Trinajstić information content (AvgIpc) is 2.56. The van der Waals surface area contributed by atoms with Crippen molar-refractivity contribution in [2.24, 2.45) is 0 Å². The number of benzene rings is 2. The number of hydrogen-bond acceptors (Lipinski definition) is 3. The van der Waals surface area contributed by atoms with Crippen molar-refractivity contribution in [2.45, 2.75) is 6.18 Å². The number of anilines is 2. The molecule has 0 unspecified atom stereocenters. The Bertz CT molecular complexity index is 858. The topological polar surface area (TPSA) is 82.0 Å². The molecule has 2 aromatic rings. The van der Waals surface area contributed by atoms with Gasteiger partial charge in [0, 0.05) is 11.4 Å². The molecule has 0 radical (unpaired) electrons. The van der Waals surface area contributed by atoms with E-state index in [-0.39, 0.29) is 11.4 Å². The summed E-state index contributed by atoms with van der Waals surface area (Å²) in [7, 11) is 0. The molecule has 0 aliphatic rings. The summed E-state index contributed by atoms with van der Waals surface area (Å²) < 4.78 is 38.3. The third kappa shape index (κ3) is 4.71. The van der Waals surface area contributed by atoms with E-state index in [4.69, 9.17) is 16.9 Å². The van der Waals surface area contributed by atoms with Crippen molar-refractivity contribution in [1.29, 1.82) is 5.26 Å². The third-order valence-corrected chi connectivity index (χ3v) is 3.34. The molecular weight excluding hydrogens is 359 g/mol. The maximum Gasteiger partial charge on any atom is 0.417 e. The van der Waals surface area contributed by atoms with Gasteiger partial charge < -0.3 is 10.6 Å². The van der Waals surface area contributed by atoms with Crippen molar-refractivity contribution in [3.05, 3.63) is 58.6 Å². The van der Waals surface area contributed by atoms with Crippen LogP contribution in [0, 0.1) is 11.3 Å². The van der Waals surface area contributed by atoms with Crippen molar-refractivity contribution in [3.63, 3.8) is 0 Å². The summed E-state index contributed by atoms with van der Waals surface area (Å²) in [6.45, 7) is 0. The van der Waals surface area contributed by atoms with Crippen molar-refractivity contribution in [2.75, 3.05) is 10.6 Å². The second-order valence-electron chi connectivity index (χ2n) is 4.79. The Labute approximate surface area is 145 Å². The Hall–Kier alpha value is -3.05. The highest BCUT2D eigenvalue weighted by molar-refractivity contribution is 6.43. The molecular formula is C16H9ClF3N3O2. The van der Waals surface area contributed by atoms with E-state index >= 15 is 0 Å². The summed E-state index contributed by atoms with van der Waals surface area (Å²) in [5, 5.41) is 12.5. The lowest BCUT2D eigenvalue weighted by Crippen LogP contribution is -2.29. The van der Waals surface area contributed by atoms with Gasteiger partial charge in [0.1, 0.15) is 0 Å². The number of hydrogen-bond donors (Lipinski definition) is 2. The number of alkyl halides is 3. The van der Waals surface area contributed by atoms with Gasteiger partial charge in [-0.3, -0.25) is 9.59 Å². The summed E-state index contributed by atoms with van der Waals surface area (Å²) in [4.78, 5) is 23.6. The van der Waals surface area contributed by atoms with Gasteiger partial charge in [-0.2, -0.15) is 18.4 Å². The average molecular weight is 368 g/mol. The molecule has 5 nitrogen and oxygen atoms in total. The minimum atomic E-state index is -4.69. The first-order valence-electron chi connectivity index (χ1n) is 6.70. The minimum Gasteiger partial charge on any atom is -0.318 e. The molecule has 0 saturated carbocycles. The molecule has 2 amide bonds. The molecule has 25 heavy (non-hydrogen) atoms. The van der Waals surface area contributed by atoms with Crippen LogP contribution in [0.1, 0.15) is 11.1 Å². The van der Waals surface area contributed by atoms with Crippen LogP contribution < -0.4 is 10.6 Å². The van der Waals surface area contributed by atoms with Gasteiger partial charge in [-0.25, -0.2) is 0 Å². The fraction of sp³-hybridized carbons (Fsp3) is 0.0625. The van der Waals surface area contributed by atoms with Crippen LogP contribution in [0.2, 0.25) is 5.02 Å². The number of nitrogens with zero attached hydrogens (tertiary/aromatic N) is 1. The van der Waals surface area contributed by atoms with Gasteiger partial charge >= 0.3 is 18.0 Å². The largest absolute Gasteiger partial charge is 0.417 e. The van der Waals surface area contributed by atoms with E-state index in [0.29, 0.717) is 11.6 Å². The molecule has 0 aromatic heterocycles. The Morgan fingerprint density at radius 3 is 2.00 bits per heavy atom. The number of nitriles is 1. The number of halogens is 4. The van der Waals surface area contributed by atoms with Crippen LogP contribution in [0.3, 0.4) is 0 Å². The van der Waals surface area contributed by atoms with Gasteiger partial charge in [0.05, 0.1) is 22.2 Å². The minimum absolute atomic E-state index is 0.225. The number of amides is 2. The van der Waals surface area contributed by atoms with Gasteiger partial charge in [-0.15, -0.1) is 0 Å². The van der Waals surface area contributed by atoms with Crippen LogP contribution in [0.5, 0.6) is 0 Å². The number of carbonyl (C=O) groups is 2. The molecule has 128 valence electrons. The molecule has 2 N–H and O–H groups in total. The number of carbonyl (C=O) groups excluding carboxylic acids is 2. The molecule has 0 fully saturated rings. The van der Waals surface area contributed by atoms with E-state index in [1.165, 1.54) is 24.3 Å². The van der Waals surface area contributed by atoms with Crippen LogP contribution in [0.4, 0.5) is 24.5 Å². The second kappa shape index (κ2) is 7.23. The first-order valence-corrected chi connectivity index (χ1v) is 7.08. The lowest BCUT2D eigenvalue weighted by Gasteiger charge is -2.11. The van der Waals surface area contributed by atoms with Crippen LogP contribution in [-0.4, -0.2) is 11.8 Å². The molecule has 0 bridgehead atoms. The van der Waals surface area contributed by atoms with Crippen LogP contribution in [0.15, 0.2) is 42.5 Å². The van der Waals surface area contributed by atoms with Crippen molar-refractivity contribution >= 4 is 34.8 Å². The monoisotopic (exact) mass is 367 g/mol. The zero-order valence-electron chi connectivity index (χ0n) is 12.3. The smallest absolute Gasteiger partial charge is 0.318 e. The van der Waals surface area contributed by atoms with E-state index < -0.39 is 28.6 Å². The summed E-state index contributed by atoms with van der Waals surface area (Å²) in [5.41, 5.74) is -0.731. The molecule has 0 saturated heterocycles. The normalized spacial score (nSPS) is 10.7. The summed E-state index contributed by atoms with van der Waals surface area (Å²) >= 11 is 5.48. The Kier molecular flexibility index (Phi) is 5.29. The highest BCUT2D eigenvalue weighted by Gasteiger charge is 2.33. The van der Waals surface area contributed by atoms with Gasteiger partial charge in [-0.1, -0.05) is 11.6 Å². The molecule has 2 rings (SSSR count). The summed E-state index contributed by atoms with van der Waals surface area (Å²) in [6, 6.07) is 10.3. The van der Waals surface area contributed by atoms with Gasteiger partial charge in [0.15, 0.2) is 0 Å². The second-order valence-corrected chi connectivity index (χ2v) is 5.20. The molecule has 0 aliphatic heterocycles. The zero-order valence-corrected chi connectivity index (χ0v) is 13.1. The van der Waals surface area contributed by atoms with Gasteiger partial charge in [0.25, 0.3) is 0 Å². The van der Waals surface area contributed by atoms with Crippen LogP contribution >= 0.6 is 11.6 Å². The number of nitrogens with one attached hydrogen (secondary N) is 2. The van der Waals surface area contributed by atoms with Gasteiger partial charge in [0.2, 0.25) is 0 Å². The fourth-order valence-corrected chi connectivity index (χ4v) is 2.05. The highest BCUT2D eigenvalue weighted by Crippen LogP contribution is 2.36. The van der Waals surface area contributed by atoms with Crippen LogP contribution in [0.25, 0.3) is 0 Å². The van der Waals surface area contributed by atoms with Crippen LogP contribution in [-0.2, 0) is 15.8 Å². The first-order chi connectivity index (χ1) is 11.7. The van der Waals surface area contributed by atoms with Gasteiger partial charge in [-0.05, 0) is 42.5 Å². The maximum absolute atomic E-state index is 12.8. The van der Waals surface area contributed by atoms with E-state index in [1.54, 1.807) is 0 Å². The molecule has 2 aromatic carbocycles. The zero-order chi connectivity index (χ0) is 18.6. The highest BCUT2D eigenvalue weighted by atomic mass is 35.5. The van der Waals surface area contributed by atoms with E-state index in [9.17, 15) is 22.8 Å². The predicted molar refractivity (Wildman–Crippen MR) is 84.9 cm³/mol. The molecule has 0 atom stereocenters. The van der Waals surface area contributed by atoms with Crippen molar-refractivity contribution in [3.8, 4) is 6.07 Å². The predicted octanol–water partition coefficient (Wildman–Crippen LogP) is 3.81. The van der Waals surface area contributed by atoms with Crippen molar-refractivity contribution < 1.29 is 22.8 Å². The molecule has 0 aliphatic carbocycles. The first kappa shape index (κ1) is 18.3. The van der Waals surface area contributed by atoms with Crippen molar-refractivity contribution in [1.82, 2.24) is 0 Å². The third-order valence-electron chi connectivity index (χ3n) is 3.01. The quantitative estimate of drug-likeness (QED) is 0.792. The van der Waals surface area contributed by atoms with E-state index in [1.807, 2.05) is 6.07 Å². The maximum atomic E-state index is 12.8. The fourth-order valence-electron chi connectivity index (χ4n) is 1.82. The number of rotatable bonds is 2. The Morgan fingerprint density at radius 2 is 1.48 bits per heavy atom. The lowest BCUT2D eigenvalue weighted by atomic mass is 10.2. The molecule has 9 heteroatoms. The lowest BCUT2D eigenvalue weighted by molar-refractivity contribution is -0.137.